The van der Waals surface area contributed by atoms with E-state index < -0.39 is 29.8 Å². The van der Waals surface area contributed by atoms with Gasteiger partial charge in [-0.2, -0.15) is 0 Å². The van der Waals surface area contributed by atoms with Gasteiger partial charge < -0.3 is 74.1 Å². The number of para-hydroxylation sites is 4. The van der Waals surface area contributed by atoms with Gasteiger partial charge in [0, 0.05) is 150 Å². The Morgan fingerprint density at radius 2 is 0.767 bits per heavy atom. The molecule has 0 saturated heterocycles. The number of unbranched alkanes of at least 4 members (excludes halogenated alkanes) is 2. The van der Waals surface area contributed by atoms with Crippen molar-refractivity contribution < 1.29 is 101 Å². The van der Waals surface area contributed by atoms with Gasteiger partial charge in [0.1, 0.15) is 25.6 Å². The fourth-order valence-corrected chi connectivity index (χ4v) is 20.3. The van der Waals surface area contributed by atoms with Gasteiger partial charge in [-0.1, -0.05) is 109 Å². The van der Waals surface area contributed by atoms with E-state index in [4.69, 9.17) is 33.4 Å². The second-order valence-corrected chi connectivity index (χ2v) is 38.5. The topological polar surface area (TPSA) is 385 Å². The number of fused-ring (bicyclic) bond motifs is 16. The van der Waals surface area contributed by atoms with Crippen LogP contribution in [-0.2, 0) is 112 Å². The molecule has 0 aliphatic carbocycles. The fraction of sp³-hybridized carbons (Fsp3) is 0.351. The van der Waals surface area contributed by atoms with Gasteiger partial charge in [0.2, 0.25) is 23.6 Å². The quantitative estimate of drug-likeness (QED) is 0.0140. The standard InChI is InChI=1S/C57H59N5O10.C39H43BrN4O8.C18H17NO3/c1-33-20-45-46(58-30-43-26-40-13-7-9-15-48(40)62(43)57(45)68)29-50(33)71-31-36-22-37(24-41(23-36)60-55(66)34(2)21-49(63)35(3)59-53(64)16-10-11-17-54(65)70-5)32-72-52-27-38-18-19-42-25-39-12-6-8-14-47(39)61(42)56(67)44(38)28-51(52)69-4;1-23(13-33(45)24(2)42-36(46)11-7-8-12-37(47)51-4)38(48)43-28-15-25(20-40)14-26(16-28)22-52-35-19-31-30(18-34(35)50-3)39(49)44-29(21-41-31)17-27-9-5-6-10-32(27)44;1-22-17-10-14-11(9-16(17)20)6-7-13-8-12-4-2-3-5-15(12)19(13)18(14)21/h6-9,12-15,20,22-24,27-30,34-35,42-43H,10-11,16-19,21,25-26,31-32H2,1-5H3,(H,59,64)(H,60,66);5-6,9-10,14-16,18-19,21,23-24,29H,7-8,11-13,17,20,22H2,1-4H3,(H,42,46)(H,43,48);2-5,9-10,13,20H,6-8H2,1H3/t34-,35+,42-,43+;23-,24+,29+;13-/m111/s1. The molecule has 0 aromatic heterocycles. The summed E-state index contributed by atoms with van der Waals surface area (Å²) < 4.78 is 45.0. The summed E-state index contributed by atoms with van der Waals surface area (Å²) in [6.07, 6.45) is 12.4. The van der Waals surface area contributed by atoms with Crippen molar-refractivity contribution >= 4 is 145 Å². The van der Waals surface area contributed by atoms with Gasteiger partial charge in [-0.25, -0.2) is 0 Å². The van der Waals surface area contributed by atoms with Gasteiger partial charge in [0.25, 0.3) is 23.6 Å². The molecule has 0 spiro atoms. The highest BCUT2D eigenvalue weighted by atomic mass is 79.9. The highest BCUT2D eigenvalue weighted by Crippen LogP contribution is 2.47. The van der Waals surface area contributed by atoms with Crippen LogP contribution < -0.4 is 69.3 Å². The first-order chi connectivity index (χ1) is 70.5. The normalized spacial score (nSPS) is 16.7. The number of nitrogens with zero attached hydrogens (tertiary/aromatic N) is 6. The number of phenolic OH excluding ortho intramolecular Hbond substituents is 1. The summed E-state index contributed by atoms with van der Waals surface area (Å²) in [5.74, 6) is -1.68. The van der Waals surface area contributed by atoms with Crippen LogP contribution in [0, 0.1) is 18.8 Å². The molecule has 0 radical (unpaired) electrons. The SMILES string of the molecule is COC(=O)CCCCC(=O)N[C@@H](C)C(=O)C[C@@H](C)C(=O)Nc1cc(CBr)cc(COc2cc3c(cc2OC)C(=O)N2c4ccccc4C[C@H]2C=N3)c1.COC(=O)CCCCC(=O)N[C@@H](C)C(=O)C[C@@H](C)C(=O)Nc1cc(COc2cc3c(cc2C)C(=O)N2c4ccccc4C[C@H]2C=N3)cc(COc2cc3c(cc2OC)C(=O)N2c4ccccc4C[C@H]2CC3)c1.COc1cc2c(cc1O)CC[C@@H]1Cc3ccccc3N1C2=O. The summed E-state index contributed by atoms with van der Waals surface area (Å²) >= 11 is 3.50. The Balaban J connectivity index is 0.000000178. The van der Waals surface area contributed by atoms with Crippen LogP contribution in [0.15, 0.2) is 192 Å². The zero-order valence-corrected chi connectivity index (χ0v) is 84.9. The van der Waals surface area contributed by atoms with Crippen LogP contribution in [0.4, 0.5) is 45.5 Å². The minimum atomic E-state index is -0.816. The third-order valence-corrected chi connectivity index (χ3v) is 28.4. The van der Waals surface area contributed by atoms with E-state index in [-0.39, 0.29) is 153 Å². The Morgan fingerprint density at radius 3 is 1.21 bits per heavy atom. The molecule has 10 aromatic rings. The van der Waals surface area contributed by atoms with Gasteiger partial charge >= 0.3 is 11.9 Å². The molecule has 0 fully saturated rings. The summed E-state index contributed by atoms with van der Waals surface area (Å²) in [5, 5.41) is 21.8. The number of rotatable bonds is 35. The van der Waals surface area contributed by atoms with Crippen LogP contribution >= 0.6 is 15.9 Å². The lowest BCUT2D eigenvalue weighted by atomic mass is 9.99. The zero-order valence-electron chi connectivity index (χ0n) is 83.3. The smallest absolute Gasteiger partial charge is 0.305 e. The molecule has 8 aliphatic heterocycles. The van der Waals surface area contributed by atoms with Crippen LogP contribution in [0.5, 0.6) is 40.2 Å². The highest BCUT2D eigenvalue weighted by Gasteiger charge is 2.43. The fourth-order valence-electron chi connectivity index (χ4n) is 19.9. The average molecular weight is 2050 g/mol. The number of Topliss-reactive ketones (excluding diaryl/α,β-unsaturated/α-hetero) is 2. The summed E-state index contributed by atoms with van der Waals surface area (Å²) in [6.45, 7) is 8.65. The number of amides is 8. The van der Waals surface area contributed by atoms with E-state index in [2.05, 4.69) is 63.8 Å². The third kappa shape index (κ3) is 23.7. The third-order valence-electron chi connectivity index (χ3n) is 27.7. The molecule has 8 heterocycles. The number of hydrogen-bond donors (Lipinski definition) is 5. The lowest BCUT2D eigenvalue weighted by Crippen LogP contribution is -2.39. The Bertz CT molecular complexity index is 6820. The first-order valence-electron chi connectivity index (χ1n) is 49.3. The second-order valence-electron chi connectivity index (χ2n) is 37.9. The maximum absolute atomic E-state index is 14.1. The number of carbonyl (C=O) groups excluding carboxylic acids is 12. The number of alkyl halides is 1. The van der Waals surface area contributed by atoms with Crippen molar-refractivity contribution in [3.05, 3.63) is 265 Å². The van der Waals surface area contributed by atoms with Crippen molar-refractivity contribution in [3.8, 4) is 40.2 Å². The van der Waals surface area contributed by atoms with Crippen molar-refractivity contribution in [2.45, 2.75) is 212 Å². The van der Waals surface area contributed by atoms with Crippen molar-refractivity contribution in [2.24, 2.45) is 21.8 Å². The van der Waals surface area contributed by atoms with Crippen molar-refractivity contribution in [3.63, 3.8) is 0 Å². The Hall–Kier alpha value is -15.3. The number of benzene rings is 10. The van der Waals surface area contributed by atoms with Gasteiger partial charge in [0.05, 0.1) is 82.2 Å². The molecule has 0 bridgehead atoms. The lowest BCUT2D eigenvalue weighted by molar-refractivity contribution is -0.141. The number of halogens is 1. The molecule has 31 nitrogen and oxygen atoms in total. The molecule has 0 unspecified atom stereocenters. The Labute approximate surface area is 855 Å². The maximum Gasteiger partial charge on any atom is 0.305 e. The maximum atomic E-state index is 14.1. The predicted octanol–water partition coefficient (Wildman–Crippen LogP) is 17.9. The summed E-state index contributed by atoms with van der Waals surface area (Å²) in [6, 6.07) is 55.3. The van der Waals surface area contributed by atoms with E-state index in [1.54, 1.807) is 101 Å². The van der Waals surface area contributed by atoms with E-state index >= 15 is 0 Å². The summed E-state index contributed by atoms with van der Waals surface area (Å²) in [7, 11) is 7.18. The first-order valence-corrected chi connectivity index (χ1v) is 50.4. The van der Waals surface area contributed by atoms with Gasteiger partial charge in [-0.05, 0) is 237 Å². The number of ketones is 2. The Kier molecular flexibility index (Phi) is 33.0. The molecule has 0 saturated carbocycles. The second kappa shape index (κ2) is 46.6. The van der Waals surface area contributed by atoms with E-state index in [9.17, 15) is 62.6 Å². The molecular formula is C114H119BrN10O21. The minimum Gasteiger partial charge on any atom is -0.504 e. The highest BCUT2D eigenvalue weighted by molar-refractivity contribution is 9.08. The molecule has 5 N–H and O–H groups in total. The molecule has 8 atom stereocenters. The van der Waals surface area contributed by atoms with Crippen LogP contribution in [0.2, 0.25) is 0 Å². The molecule has 8 amide bonds. The van der Waals surface area contributed by atoms with Crippen LogP contribution in [0.3, 0.4) is 0 Å². The van der Waals surface area contributed by atoms with Crippen LogP contribution in [0.25, 0.3) is 0 Å². The minimum absolute atomic E-state index is 0.000694. The van der Waals surface area contributed by atoms with E-state index in [0.717, 1.165) is 93.8 Å². The number of hydrogen-bond acceptors (Lipinski definition) is 23. The molecule has 18 rings (SSSR count). The van der Waals surface area contributed by atoms with Gasteiger partial charge in [0.15, 0.2) is 46.1 Å². The van der Waals surface area contributed by atoms with Gasteiger partial charge in [-0.3, -0.25) is 77.3 Å². The number of carbonyl (C=O) groups is 12. The van der Waals surface area contributed by atoms with Crippen molar-refractivity contribution in [2.75, 3.05) is 65.8 Å². The molecule has 10 aromatic carbocycles. The first kappa shape index (κ1) is 104. The number of ether oxygens (including phenoxy) is 8. The summed E-state index contributed by atoms with van der Waals surface area (Å²) in [4.78, 5) is 172. The largest absolute Gasteiger partial charge is 0.504 e. The van der Waals surface area contributed by atoms with Crippen molar-refractivity contribution in [1.29, 1.82) is 0 Å². The van der Waals surface area contributed by atoms with E-state index in [0.29, 0.717) is 141 Å². The zero-order chi connectivity index (χ0) is 103. The number of anilines is 6. The molecule has 146 heavy (non-hydrogen) atoms. The lowest BCUT2D eigenvalue weighted by Gasteiger charge is -2.23. The van der Waals surface area contributed by atoms with E-state index in [1.807, 2.05) is 143 Å². The molecule has 758 valence electrons. The number of aryl methyl sites for hydroxylation is 3. The van der Waals surface area contributed by atoms with E-state index in [1.165, 1.54) is 39.6 Å². The molecule has 32 heteroatoms. The number of aliphatic imine (C=N–C) groups is 2. The van der Waals surface area contributed by atoms with Crippen LogP contribution in [-0.4, -0.2) is 160 Å². The number of methoxy groups -OCH3 is 5. The van der Waals surface area contributed by atoms with Crippen molar-refractivity contribution in [1.82, 2.24) is 10.6 Å². The Morgan fingerprint density at radius 1 is 0.404 bits per heavy atom. The predicted molar refractivity (Wildman–Crippen MR) is 557 cm³/mol. The summed E-state index contributed by atoms with van der Waals surface area (Å²) in [5.41, 5.74) is 18.0. The number of phenols is 1. The monoisotopic (exact) mass is 2040 g/mol. The molecule has 8 aliphatic rings. The van der Waals surface area contributed by atoms with Gasteiger partial charge in [-0.15, -0.1) is 0 Å². The average Bonchev–Trinajstić information content (AvgIpc) is 1.63. The number of aromatic hydroxyl groups is 1. The molecular weight excluding hydrogens is 1930 g/mol. The number of esters is 2. The van der Waals surface area contributed by atoms with Crippen LogP contribution in [0.1, 0.15) is 207 Å². The number of nitrogens with one attached hydrogen (secondary N) is 4.